The lowest BCUT2D eigenvalue weighted by Crippen LogP contribution is -2.38. The van der Waals surface area contributed by atoms with Crippen LogP contribution in [0.5, 0.6) is 0 Å². The van der Waals surface area contributed by atoms with Crippen LogP contribution >= 0.6 is 0 Å². The molecule has 5 nitrogen and oxygen atoms in total. The van der Waals surface area contributed by atoms with Gasteiger partial charge < -0.3 is 5.32 Å². The molecule has 2 rings (SSSR count). The third-order valence-electron chi connectivity index (χ3n) is 3.19. The van der Waals surface area contributed by atoms with E-state index in [4.69, 9.17) is 0 Å². The van der Waals surface area contributed by atoms with Crippen LogP contribution in [0.3, 0.4) is 0 Å². The minimum Gasteiger partial charge on any atom is -0.344 e. The summed E-state index contributed by atoms with van der Waals surface area (Å²) in [5, 5.41) is 7.92. The van der Waals surface area contributed by atoms with E-state index in [-0.39, 0.29) is 30.1 Å². The first-order valence-corrected chi connectivity index (χ1v) is 6.37. The van der Waals surface area contributed by atoms with Gasteiger partial charge in [-0.2, -0.15) is 5.10 Å². The van der Waals surface area contributed by atoms with Gasteiger partial charge in [0.1, 0.15) is 11.5 Å². The number of nitrogens with one attached hydrogen (secondary N) is 1. The third kappa shape index (κ3) is 3.20. The summed E-state index contributed by atoms with van der Waals surface area (Å²) in [6, 6.07) is 5.69. The largest absolute Gasteiger partial charge is 0.344 e. The first-order valence-electron chi connectivity index (χ1n) is 6.37. The number of hydrogen-bond donors (Lipinski definition) is 1. The highest BCUT2D eigenvalue weighted by atomic mass is 19.1. The van der Waals surface area contributed by atoms with Crippen molar-refractivity contribution < 1.29 is 14.0 Å². The second-order valence-corrected chi connectivity index (χ2v) is 4.71. The van der Waals surface area contributed by atoms with Crippen molar-refractivity contribution in [1.82, 2.24) is 10.3 Å². The number of carbonyl (C=O) groups excluding carboxylic acids is 2. The van der Waals surface area contributed by atoms with Crippen LogP contribution in [-0.2, 0) is 9.59 Å². The van der Waals surface area contributed by atoms with E-state index in [1.807, 2.05) is 6.92 Å². The van der Waals surface area contributed by atoms with E-state index in [0.29, 0.717) is 12.1 Å². The molecule has 1 aromatic rings. The fraction of sp³-hybridized carbons (Fsp3) is 0.357. The first-order chi connectivity index (χ1) is 9.47. The Morgan fingerprint density at radius 3 is 2.60 bits per heavy atom. The summed E-state index contributed by atoms with van der Waals surface area (Å²) in [4.78, 5) is 23.3. The molecule has 0 aromatic heterocycles. The molecule has 6 heteroatoms. The van der Waals surface area contributed by atoms with E-state index in [1.165, 1.54) is 24.2 Å². The molecule has 1 N–H and O–H groups in total. The zero-order valence-electron chi connectivity index (χ0n) is 11.4. The van der Waals surface area contributed by atoms with Gasteiger partial charge >= 0.3 is 0 Å². The second-order valence-electron chi connectivity index (χ2n) is 4.71. The summed E-state index contributed by atoms with van der Waals surface area (Å²) < 4.78 is 12.8. The van der Waals surface area contributed by atoms with E-state index >= 15 is 0 Å². The summed E-state index contributed by atoms with van der Waals surface area (Å²) in [6.07, 6.45) is 0.624. The van der Waals surface area contributed by atoms with Gasteiger partial charge in [-0.3, -0.25) is 9.59 Å². The van der Waals surface area contributed by atoms with Crippen LogP contribution in [0.2, 0.25) is 0 Å². The zero-order chi connectivity index (χ0) is 14.7. The Bertz CT molecular complexity index is 554. The molecule has 0 saturated carbocycles. The Hall–Kier alpha value is -2.24. The van der Waals surface area contributed by atoms with Gasteiger partial charge in [0.2, 0.25) is 5.91 Å². The van der Waals surface area contributed by atoms with Crippen molar-refractivity contribution in [2.24, 2.45) is 5.10 Å². The molecule has 1 aromatic carbocycles. The minimum atomic E-state index is -0.316. The summed E-state index contributed by atoms with van der Waals surface area (Å²) in [5.41, 5.74) is 1.14. The molecule has 0 spiro atoms. The highest BCUT2D eigenvalue weighted by molar-refractivity contribution is 6.39. The van der Waals surface area contributed by atoms with Gasteiger partial charge in [0.15, 0.2) is 0 Å². The van der Waals surface area contributed by atoms with Gasteiger partial charge in [-0.15, -0.1) is 0 Å². The van der Waals surface area contributed by atoms with Crippen LogP contribution in [0.4, 0.5) is 4.39 Å². The van der Waals surface area contributed by atoms with Gasteiger partial charge in [-0.05, 0) is 24.6 Å². The molecule has 0 unspecified atom stereocenters. The van der Waals surface area contributed by atoms with Crippen LogP contribution in [0, 0.1) is 5.82 Å². The lowest BCUT2D eigenvalue weighted by atomic mass is 10.1. The van der Waals surface area contributed by atoms with Crippen LogP contribution in [-0.4, -0.2) is 29.6 Å². The molecule has 1 atom stereocenters. The van der Waals surface area contributed by atoms with Crippen LogP contribution < -0.4 is 5.32 Å². The summed E-state index contributed by atoms with van der Waals surface area (Å²) >= 11 is 0. The molecule has 0 saturated heterocycles. The maximum absolute atomic E-state index is 12.8. The third-order valence-corrected chi connectivity index (χ3v) is 3.19. The highest BCUT2D eigenvalue weighted by Gasteiger charge is 2.23. The molecule has 2 amide bonds. The maximum Gasteiger partial charge on any atom is 0.267 e. The van der Waals surface area contributed by atoms with E-state index in [0.717, 1.165) is 5.56 Å². The molecular formula is C14H16FN3O2. The average molecular weight is 277 g/mol. The number of carbonyl (C=O) groups is 2. The van der Waals surface area contributed by atoms with Gasteiger partial charge in [0.05, 0.1) is 6.04 Å². The molecule has 0 fully saturated rings. The molecule has 1 heterocycles. The summed E-state index contributed by atoms with van der Waals surface area (Å²) in [5.74, 6) is -0.724. The molecule has 0 bridgehead atoms. The molecular weight excluding hydrogens is 261 g/mol. The summed E-state index contributed by atoms with van der Waals surface area (Å²) in [7, 11) is 1.53. The molecule has 0 aliphatic carbocycles. The SMILES string of the molecule is C[C@@H](NC(=O)C1=NN(C)C(=O)CC1)c1ccc(F)cc1. The average Bonchev–Trinajstić information content (AvgIpc) is 2.42. The van der Waals surface area contributed by atoms with Crippen molar-refractivity contribution in [3.63, 3.8) is 0 Å². The normalized spacial score (nSPS) is 16.6. The number of amides is 2. The molecule has 20 heavy (non-hydrogen) atoms. The Morgan fingerprint density at radius 2 is 2.00 bits per heavy atom. The monoisotopic (exact) mass is 277 g/mol. The van der Waals surface area contributed by atoms with Crippen molar-refractivity contribution >= 4 is 17.5 Å². The van der Waals surface area contributed by atoms with Crippen molar-refractivity contribution in [3.05, 3.63) is 35.6 Å². The number of hydrazone groups is 1. The number of nitrogens with zero attached hydrogens (tertiary/aromatic N) is 2. The van der Waals surface area contributed by atoms with Crippen LogP contribution in [0.15, 0.2) is 29.4 Å². The standard InChI is InChI=1S/C14H16FN3O2/c1-9(10-3-5-11(15)6-4-10)16-14(20)12-7-8-13(19)18(2)17-12/h3-6,9H,7-8H2,1-2H3,(H,16,20)/t9-/m1/s1. The quantitative estimate of drug-likeness (QED) is 0.912. The number of halogens is 1. The van der Waals surface area contributed by atoms with E-state index in [1.54, 1.807) is 12.1 Å². The van der Waals surface area contributed by atoms with Crippen LogP contribution in [0.25, 0.3) is 0 Å². The minimum absolute atomic E-state index is 0.104. The highest BCUT2D eigenvalue weighted by Crippen LogP contribution is 2.14. The Morgan fingerprint density at radius 1 is 1.35 bits per heavy atom. The van der Waals surface area contributed by atoms with Crippen molar-refractivity contribution in [2.75, 3.05) is 7.05 Å². The van der Waals surface area contributed by atoms with Gasteiger partial charge in [-0.25, -0.2) is 9.40 Å². The van der Waals surface area contributed by atoms with Gasteiger partial charge in [-0.1, -0.05) is 12.1 Å². The smallest absolute Gasteiger partial charge is 0.267 e. The fourth-order valence-electron chi connectivity index (χ4n) is 1.95. The van der Waals surface area contributed by atoms with E-state index in [9.17, 15) is 14.0 Å². The number of benzene rings is 1. The Balaban J connectivity index is 2.02. The first kappa shape index (κ1) is 14.2. The number of rotatable bonds is 3. The number of hydrogen-bond acceptors (Lipinski definition) is 3. The molecule has 1 aliphatic heterocycles. The van der Waals surface area contributed by atoms with Crippen molar-refractivity contribution in [1.29, 1.82) is 0 Å². The summed E-state index contributed by atoms with van der Waals surface area (Å²) in [6.45, 7) is 1.81. The van der Waals surface area contributed by atoms with E-state index < -0.39 is 0 Å². The van der Waals surface area contributed by atoms with E-state index in [2.05, 4.69) is 10.4 Å². The van der Waals surface area contributed by atoms with Gasteiger partial charge in [0, 0.05) is 19.9 Å². The lowest BCUT2D eigenvalue weighted by Gasteiger charge is -2.20. The topological polar surface area (TPSA) is 61.8 Å². The predicted molar refractivity (Wildman–Crippen MR) is 72.4 cm³/mol. The molecule has 0 radical (unpaired) electrons. The van der Waals surface area contributed by atoms with Crippen molar-refractivity contribution in [2.45, 2.75) is 25.8 Å². The Labute approximate surface area is 116 Å². The maximum atomic E-state index is 12.8. The van der Waals surface area contributed by atoms with Crippen molar-refractivity contribution in [3.8, 4) is 0 Å². The van der Waals surface area contributed by atoms with Gasteiger partial charge in [0.25, 0.3) is 5.91 Å². The fourth-order valence-corrected chi connectivity index (χ4v) is 1.95. The molecule has 1 aliphatic rings. The zero-order valence-corrected chi connectivity index (χ0v) is 11.4. The predicted octanol–water partition coefficient (Wildman–Crippen LogP) is 1.61. The Kier molecular flexibility index (Phi) is 4.12. The second kappa shape index (κ2) is 5.81. The molecule has 106 valence electrons. The lowest BCUT2D eigenvalue weighted by molar-refractivity contribution is -0.130. The van der Waals surface area contributed by atoms with Crippen LogP contribution in [0.1, 0.15) is 31.4 Å².